The van der Waals surface area contributed by atoms with E-state index in [1.807, 2.05) is 18.2 Å². The highest BCUT2D eigenvalue weighted by Gasteiger charge is 2.48. The fourth-order valence-electron chi connectivity index (χ4n) is 2.83. The third-order valence-corrected chi connectivity index (χ3v) is 3.81. The molecule has 0 aliphatic carbocycles. The minimum absolute atomic E-state index is 0.0871. The van der Waals surface area contributed by atoms with Crippen LogP contribution in [-0.2, 0) is 14.3 Å². The zero-order valence-electron chi connectivity index (χ0n) is 9.63. The van der Waals surface area contributed by atoms with Crippen LogP contribution in [0.25, 0.3) is 0 Å². The maximum Gasteiger partial charge on any atom is 0.311 e. The third-order valence-electron chi connectivity index (χ3n) is 3.81. The van der Waals surface area contributed by atoms with Crippen molar-refractivity contribution in [2.24, 2.45) is 11.8 Å². The number of fused-ring (bicyclic) bond motifs is 2. The molecule has 0 amide bonds. The lowest BCUT2D eigenvalue weighted by atomic mass is 9.90. The van der Waals surface area contributed by atoms with E-state index >= 15 is 0 Å². The summed E-state index contributed by atoms with van der Waals surface area (Å²) in [5, 5.41) is 0. The Hall–Kier alpha value is -1.75. The van der Waals surface area contributed by atoms with Gasteiger partial charge in [0.2, 0.25) is 6.79 Å². The van der Waals surface area contributed by atoms with Crippen molar-refractivity contribution in [2.45, 2.75) is 6.10 Å². The molecular weight excluding hydrogens is 236 g/mol. The van der Waals surface area contributed by atoms with Crippen LogP contribution < -0.4 is 9.47 Å². The van der Waals surface area contributed by atoms with Gasteiger partial charge in [0.15, 0.2) is 11.5 Å². The summed E-state index contributed by atoms with van der Waals surface area (Å²) in [6, 6.07) is 5.77. The number of carbonyl (C=O) groups is 1. The topological polar surface area (TPSA) is 54.0 Å². The molecule has 2 saturated heterocycles. The summed E-state index contributed by atoms with van der Waals surface area (Å²) in [5.41, 5.74) is 1.02. The van der Waals surface area contributed by atoms with Crippen molar-refractivity contribution < 1.29 is 23.7 Å². The number of cyclic esters (lactones) is 1. The number of benzene rings is 1. The Morgan fingerprint density at radius 1 is 1.06 bits per heavy atom. The van der Waals surface area contributed by atoms with E-state index in [2.05, 4.69) is 0 Å². The highest BCUT2D eigenvalue weighted by Crippen LogP contribution is 2.44. The summed E-state index contributed by atoms with van der Waals surface area (Å²) in [6.45, 7) is 1.16. The second-order valence-electron chi connectivity index (χ2n) is 4.77. The molecule has 18 heavy (non-hydrogen) atoms. The van der Waals surface area contributed by atoms with Crippen molar-refractivity contribution in [1.82, 2.24) is 0 Å². The lowest BCUT2D eigenvalue weighted by molar-refractivity contribution is -0.142. The van der Waals surface area contributed by atoms with Gasteiger partial charge in [-0.3, -0.25) is 4.79 Å². The van der Waals surface area contributed by atoms with E-state index in [0.29, 0.717) is 13.2 Å². The predicted octanol–water partition coefficient (Wildman–Crippen LogP) is 1.28. The molecule has 94 valence electrons. The van der Waals surface area contributed by atoms with Gasteiger partial charge in [0.25, 0.3) is 0 Å². The first-order valence-corrected chi connectivity index (χ1v) is 6.01. The van der Waals surface area contributed by atoms with Crippen molar-refractivity contribution in [1.29, 1.82) is 0 Å². The van der Waals surface area contributed by atoms with E-state index < -0.39 is 0 Å². The normalized spacial score (nSPS) is 32.4. The number of rotatable bonds is 1. The van der Waals surface area contributed by atoms with Gasteiger partial charge < -0.3 is 18.9 Å². The van der Waals surface area contributed by atoms with Crippen LogP contribution in [0.2, 0.25) is 0 Å². The molecule has 5 heteroatoms. The lowest BCUT2D eigenvalue weighted by Gasteiger charge is -2.15. The average molecular weight is 248 g/mol. The lowest BCUT2D eigenvalue weighted by Crippen LogP contribution is -2.14. The highest BCUT2D eigenvalue weighted by molar-refractivity contribution is 5.75. The smallest absolute Gasteiger partial charge is 0.311 e. The Bertz CT molecular complexity index is 512. The molecule has 0 saturated carbocycles. The van der Waals surface area contributed by atoms with E-state index in [-0.39, 0.29) is 30.7 Å². The SMILES string of the molecule is O=C1OC[C@H]2[C@@H]1CO[C@H]2c1ccc2c(c1)OCO2. The number of hydrogen-bond acceptors (Lipinski definition) is 5. The number of esters is 1. The number of carbonyl (C=O) groups excluding carboxylic acids is 1. The van der Waals surface area contributed by atoms with Gasteiger partial charge in [-0.15, -0.1) is 0 Å². The molecule has 0 aromatic heterocycles. The third kappa shape index (κ3) is 1.34. The Morgan fingerprint density at radius 3 is 2.89 bits per heavy atom. The zero-order chi connectivity index (χ0) is 12.1. The first-order valence-electron chi connectivity index (χ1n) is 6.01. The summed E-state index contributed by atoms with van der Waals surface area (Å²) in [7, 11) is 0. The van der Waals surface area contributed by atoms with Crippen LogP contribution in [0.5, 0.6) is 11.5 Å². The van der Waals surface area contributed by atoms with Gasteiger partial charge >= 0.3 is 5.97 Å². The standard InChI is InChI=1S/C13H12O5/c14-13-9-5-15-12(8(9)4-16-13)7-1-2-10-11(3-7)18-6-17-10/h1-3,8-9,12H,4-6H2/t8-,9-,12-/m0/s1. The Kier molecular flexibility index (Phi) is 2.05. The second kappa shape index (κ2) is 3.62. The van der Waals surface area contributed by atoms with Gasteiger partial charge in [0.1, 0.15) is 0 Å². The van der Waals surface area contributed by atoms with Gasteiger partial charge in [-0.25, -0.2) is 0 Å². The summed E-state index contributed by atoms with van der Waals surface area (Å²) < 4.78 is 21.5. The molecule has 0 N–H and O–H groups in total. The molecule has 1 aromatic rings. The zero-order valence-corrected chi connectivity index (χ0v) is 9.63. The molecule has 3 aliphatic heterocycles. The van der Waals surface area contributed by atoms with E-state index in [1.54, 1.807) is 0 Å². The van der Waals surface area contributed by atoms with E-state index in [4.69, 9.17) is 18.9 Å². The molecule has 3 heterocycles. The number of hydrogen-bond donors (Lipinski definition) is 0. The maximum absolute atomic E-state index is 11.5. The quantitative estimate of drug-likeness (QED) is 0.701. The summed E-state index contributed by atoms with van der Waals surface area (Å²) >= 11 is 0. The Morgan fingerprint density at radius 2 is 1.94 bits per heavy atom. The van der Waals surface area contributed by atoms with E-state index in [9.17, 15) is 4.79 Å². The fraction of sp³-hybridized carbons (Fsp3) is 0.462. The molecule has 5 nitrogen and oxygen atoms in total. The Labute approximate surface area is 104 Å². The van der Waals surface area contributed by atoms with Crippen LogP contribution in [0.1, 0.15) is 11.7 Å². The molecule has 0 radical (unpaired) electrons. The van der Waals surface area contributed by atoms with Crippen LogP contribution in [-0.4, -0.2) is 26.0 Å². The van der Waals surface area contributed by atoms with Crippen molar-refractivity contribution in [2.75, 3.05) is 20.0 Å². The summed E-state index contributed by atoms with van der Waals surface area (Å²) in [4.78, 5) is 11.5. The number of ether oxygens (including phenoxy) is 4. The van der Waals surface area contributed by atoms with Crippen molar-refractivity contribution >= 4 is 5.97 Å². The van der Waals surface area contributed by atoms with Crippen LogP contribution in [0.4, 0.5) is 0 Å². The predicted molar refractivity (Wildman–Crippen MR) is 59.2 cm³/mol. The monoisotopic (exact) mass is 248 g/mol. The summed E-state index contributed by atoms with van der Waals surface area (Å²) in [5.74, 6) is 1.37. The molecule has 0 bridgehead atoms. The fourth-order valence-corrected chi connectivity index (χ4v) is 2.83. The van der Waals surface area contributed by atoms with Crippen LogP contribution in [0.3, 0.4) is 0 Å². The van der Waals surface area contributed by atoms with Gasteiger partial charge in [0, 0.05) is 5.92 Å². The van der Waals surface area contributed by atoms with E-state index in [1.165, 1.54) is 0 Å². The molecular formula is C13H12O5. The van der Waals surface area contributed by atoms with Gasteiger partial charge in [0.05, 0.1) is 25.2 Å². The van der Waals surface area contributed by atoms with Crippen molar-refractivity contribution in [3.8, 4) is 11.5 Å². The molecule has 3 aliphatic rings. The minimum Gasteiger partial charge on any atom is -0.465 e. The van der Waals surface area contributed by atoms with Crippen LogP contribution in [0, 0.1) is 11.8 Å². The maximum atomic E-state index is 11.5. The molecule has 3 atom stereocenters. The highest BCUT2D eigenvalue weighted by atomic mass is 16.7. The molecule has 2 fully saturated rings. The first-order chi connectivity index (χ1) is 8.83. The Balaban J connectivity index is 1.66. The molecule has 0 unspecified atom stereocenters. The molecule has 1 aromatic carbocycles. The average Bonchev–Trinajstić information content (AvgIpc) is 3.06. The molecule has 4 rings (SSSR count). The first kappa shape index (κ1) is 10.2. The van der Waals surface area contributed by atoms with E-state index in [0.717, 1.165) is 17.1 Å². The van der Waals surface area contributed by atoms with Crippen molar-refractivity contribution in [3.63, 3.8) is 0 Å². The van der Waals surface area contributed by atoms with Crippen molar-refractivity contribution in [3.05, 3.63) is 23.8 Å². The second-order valence-corrected chi connectivity index (χ2v) is 4.77. The van der Waals surface area contributed by atoms with Crippen LogP contribution in [0.15, 0.2) is 18.2 Å². The molecule has 0 spiro atoms. The minimum atomic E-state index is -0.136. The largest absolute Gasteiger partial charge is 0.465 e. The van der Waals surface area contributed by atoms with Gasteiger partial charge in [-0.05, 0) is 17.7 Å². The van der Waals surface area contributed by atoms with Gasteiger partial charge in [-0.1, -0.05) is 6.07 Å². The summed E-state index contributed by atoms with van der Waals surface area (Å²) in [6.07, 6.45) is -0.0871. The van der Waals surface area contributed by atoms with Crippen LogP contribution >= 0.6 is 0 Å². The van der Waals surface area contributed by atoms with Gasteiger partial charge in [-0.2, -0.15) is 0 Å².